The van der Waals surface area contributed by atoms with Crippen molar-refractivity contribution in [2.24, 2.45) is 11.7 Å². The van der Waals surface area contributed by atoms with Crippen LogP contribution in [0.2, 0.25) is 0 Å². The van der Waals surface area contributed by atoms with E-state index in [0.717, 1.165) is 61.3 Å². The molecule has 47 heavy (non-hydrogen) atoms. The molecule has 16 heteroatoms. The number of fused-ring (bicyclic) bond motifs is 2. The molecular weight excluding hydrogens is 717 g/mol. The van der Waals surface area contributed by atoms with Crippen LogP contribution in [0.1, 0.15) is 63.4 Å². The van der Waals surface area contributed by atoms with Crippen molar-refractivity contribution >= 4 is 37.8 Å². The first-order valence-electron chi connectivity index (χ1n) is 15.4. The molecule has 0 spiro atoms. The van der Waals surface area contributed by atoms with Crippen molar-refractivity contribution < 1.29 is 49.5 Å². The number of hydrogen-bond donors (Lipinski definition) is 1. The zero-order valence-corrected chi connectivity index (χ0v) is 27.6. The minimum atomic E-state index is -5.79. The zero-order valence-electron chi connectivity index (χ0n) is 25.2. The lowest BCUT2D eigenvalue weighted by Crippen LogP contribution is -2.62. The summed E-state index contributed by atoms with van der Waals surface area (Å²) in [6, 6.07) is 3.55. The molecule has 2 heterocycles. The van der Waals surface area contributed by atoms with Crippen LogP contribution in [0.15, 0.2) is 57.9 Å². The van der Waals surface area contributed by atoms with Gasteiger partial charge in [-0.25, -0.2) is 13.2 Å². The number of ether oxygens (including phenoxy) is 1. The van der Waals surface area contributed by atoms with Crippen molar-refractivity contribution in [3.63, 3.8) is 0 Å². The van der Waals surface area contributed by atoms with Gasteiger partial charge in [0.2, 0.25) is 6.04 Å². The van der Waals surface area contributed by atoms with E-state index in [1.807, 2.05) is 0 Å². The molecule has 0 radical (unpaired) electrons. The molecule has 9 nitrogen and oxygen atoms in total. The summed E-state index contributed by atoms with van der Waals surface area (Å²) in [5, 5.41) is 0. The maximum atomic E-state index is 16.6. The predicted molar refractivity (Wildman–Crippen MR) is 162 cm³/mol. The van der Waals surface area contributed by atoms with Crippen molar-refractivity contribution in [3.05, 3.63) is 58.6 Å². The summed E-state index contributed by atoms with van der Waals surface area (Å²) in [4.78, 5) is 30.9. The standard InChI is InChI=1S/C31H35BrF5N3O6S/c32-21-8-6-20(7-9-21)30(33,34)27(28(41)39-23-10-11-24(39)17-22(38)16-23)40(46-29(42)31(35,36)37)47(43,44)26-14-12-25(13-15-26)45-18-19-4-2-1-3-5-19/h6-9,12-15,19,22-24,27H,1-5,10-11,16-18,38H2/t22?,23?,24?,27-/m1/s1. The van der Waals surface area contributed by atoms with Crippen LogP contribution in [0.25, 0.3) is 0 Å². The average molecular weight is 753 g/mol. The number of carbonyl (C=O) groups is 2. The third-order valence-corrected chi connectivity index (χ3v) is 11.2. The van der Waals surface area contributed by atoms with Crippen LogP contribution in [0, 0.1) is 5.92 Å². The Morgan fingerprint density at radius 1 is 0.915 bits per heavy atom. The average Bonchev–Trinajstić information content (AvgIpc) is 3.30. The first-order valence-corrected chi connectivity index (χ1v) is 17.6. The molecule has 2 N–H and O–H groups in total. The minimum Gasteiger partial charge on any atom is -0.493 e. The first-order chi connectivity index (χ1) is 22.1. The van der Waals surface area contributed by atoms with Crippen LogP contribution < -0.4 is 10.5 Å². The number of hydrogen-bond acceptors (Lipinski definition) is 7. The van der Waals surface area contributed by atoms with E-state index in [9.17, 15) is 31.2 Å². The molecule has 2 saturated heterocycles. The van der Waals surface area contributed by atoms with Gasteiger partial charge in [0.05, 0.1) is 11.5 Å². The van der Waals surface area contributed by atoms with Crippen molar-refractivity contribution in [3.8, 4) is 5.75 Å². The minimum absolute atomic E-state index is 0.218. The van der Waals surface area contributed by atoms with Gasteiger partial charge in [-0.15, -0.1) is 0 Å². The fraction of sp³-hybridized carbons (Fsp3) is 0.548. The number of amides is 1. The lowest BCUT2D eigenvalue weighted by Gasteiger charge is -2.42. The van der Waals surface area contributed by atoms with E-state index in [-0.39, 0.29) is 24.6 Å². The highest BCUT2D eigenvalue weighted by Gasteiger charge is 2.60. The van der Waals surface area contributed by atoms with Gasteiger partial charge in [0, 0.05) is 28.2 Å². The molecule has 3 fully saturated rings. The molecule has 2 aromatic rings. The Labute approximate surface area is 277 Å². The van der Waals surface area contributed by atoms with E-state index in [2.05, 4.69) is 20.8 Å². The zero-order chi connectivity index (χ0) is 34.1. The number of rotatable bonds is 10. The van der Waals surface area contributed by atoms with E-state index in [1.54, 1.807) is 0 Å². The molecule has 0 aromatic heterocycles. The Kier molecular flexibility index (Phi) is 10.5. The van der Waals surface area contributed by atoms with E-state index >= 15 is 8.78 Å². The molecule has 258 valence electrons. The highest BCUT2D eigenvalue weighted by molar-refractivity contribution is 9.10. The van der Waals surface area contributed by atoms with Crippen LogP contribution >= 0.6 is 15.9 Å². The maximum Gasteiger partial charge on any atom is 0.492 e. The van der Waals surface area contributed by atoms with Crippen LogP contribution in [0.4, 0.5) is 22.0 Å². The first kappa shape index (κ1) is 35.5. The Balaban J connectivity index is 1.56. The highest BCUT2D eigenvalue weighted by atomic mass is 79.9. The third kappa shape index (κ3) is 7.75. The Bertz CT molecular complexity index is 1520. The van der Waals surface area contributed by atoms with Gasteiger partial charge >= 0.3 is 18.1 Å². The molecule has 2 unspecified atom stereocenters. The summed E-state index contributed by atoms with van der Waals surface area (Å²) in [6.07, 6.45) is 0.597. The molecule has 1 amide bonds. The summed E-state index contributed by atoms with van der Waals surface area (Å²) >= 11 is 3.11. The molecule has 2 bridgehead atoms. The van der Waals surface area contributed by atoms with Gasteiger partial charge in [-0.1, -0.05) is 47.3 Å². The fourth-order valence-electron chi connectivity index (χ4n) is 6.68. The van der Waals surface area contributed by atoms with E-state index in [4.69, 9.17) is 10.5 Å². The van der Waals surface area contributed by atoms with E-state index < -0.39 is 67.1 Å². The highest BCUT2D eigenvalue weighted by Crippen LogP contribution is 2.43. The number of halogens is 6. The second-order valence-corrected chi connectivity index (χ2v) is 15.0. The predicted octanol–water partition coefficient (Wildman–Crippen LogP) is 6.06. The smallest absolute Gasteiger partial charge is 0.492 e. The largest absolute Gasteiger partial charge is 0.493 e. The van der Waals surface area contributed by atoms with Gasteiger partial charge in [-0.05, 0) is 85.3 Å². The Morgan fingerprint density at radius 3 is 2.04 bits per heavy atom. The van der Waals surface area contributed by atoms with Gasteiger partial charge in [0.1, 0.15) is 5.75 Å². The summed E-state index contributed by atoms with van der Waals surface area (Å²) < 4.78 is 107. The molecule has 3 aliphatic rings. The molecule has 5 rings (SSSR count). The molecular formula is C31H35BrF5N3O6S. The van der Waals surface area contributed by atoms with E-state index in [1.165, 1.54) is 24.3 Å². The van der Waals surface area contributed by atoms with Crippen molar-refractivity contribution in [1.29, 1.82) is 0 Å². The second kappa shape index (κ2) is 14.0. The fourth-order valence-corrected chi connectivity index (χ4v) is 8.30. The molecule has 3 atom stereocenters. The topological polar surface area (TPSA) is 119 Å². The van der Waals surface area contributed by atoms with Crippen molar-refractivity contribution in [1.82, 2.24) is 9.37 Å². The number of sulfonamides is 1. The van der Waals surface area contributed by atoms with E-state index in [0.29, 0.717) is 29.8 Å². The number of benzene rings is 2. The van der Waals surface area contributed by atoms with Gasteiger partial charge in [-0.3, -0.25) is 4.79 Å². The normalized spacial score (nSPS) is 23.1. The molecule has 1 aliphatic carbocycles. The second-order valence-electron chi connectivity index (χ2n) is 12.3. The third-order valence-electron chi connectivity index (χ3n) is 9.01. The number of hydroxylamine groups is 1. The van der Waals surface area contributed by atoms with Crippen LogP contribution in [0.3, 0.4) is 0 Å². The monoisotopic (exact) mass is 751 g/mol. The van der Waals surface area contributed by atoms with Crippen LogP contribution in [-0.4, -0.2) is 66.6 Å². The van der Waals surface area contributed by atoms with Crippen LogP contribution in [-0.2, 0) is 30.4 Å². The number of nitrogens with zero attached hydrogens (tertiary/aromatic N) is 2. The van der Waals surface area contributed by atoms with Gasteiger partial charge in [0.15, 0.2) is 0 Å². The van der Waals surface area contributed by atoms with Crippen molar-refractivity contribution in [2.75, 3.05) is 6.61 Å². The van der Waals surface area contributed by atoms with Crippen molar-refractivity contribution in [2.45, 2.75) is 98.9 Å². The molecule has 2 aromatic carbocycles. The lowest BCUT2D eigenvalue weighted by molar-refractivity contribution is -0.240. The van der Waals surface area contributed by atoms with Gasteiger partial charge in [0.25, 0.3) is 15.9 Å². The lowest BCUT2D eigenvalue weighted by atomic mass is 9.90. The van der Waals surface area contributed by atoms with Gasteiger partial charge < -0.3 is 20.2 Å². The number of nitrogens with two attached hydrogens (primary N) is 1. The number of piperidine rings is 1. The Morgan fingerprint density at radius 2 is 1.49 bits per heavy atom. The Hall–Kier alpha value is -2.82. The SMILES string of the molecule is NC1CC2CCC(C1)N2C(=O)[C@@H](N(OC(=O)C(F)(F)F)S(=O)(=O)c1ccc(OCC2CCCCC2)cc1)C(F)(F)c1ccc(Br)cc1. The molecule has 1 saturated carbocycles. The van der Waals surface area contributed by atoms with Gasteiger partial charge in [-0.2, -0.15) is 22.0 Å². The summed E-state index contributed by atoms with van der Waals surface area (Å²) in [7, 11) is -5.54. The van der Waals surface area contributed by atoms with Crippen LogP contribution in [0.5, 0.6) is 5.75 Å². The number of alkyl halides is 5. The summed E-state index contributed by atoms with van der Waals surface area (Å²) in [6.45, 7) is 0.360. The number of carbonyl (C=O) groups excluding carboxylic acids is 2. The summed E-state index contributed by atoms with van der Waals surface area (Å²) in [5.41, 5.74) is 5.18. The molecule has 2 aliphatic heterocycles. The summed E-state index contributed by atoms with van der Waals surface area (Å²) in [5.74, 6) is -8.55. The maximum absolute atomic E-state index is 16.6. The quantitative estimate of drug-likeness (QED) is 0.232.